The maximum Gasteiger partial charge on any atom is 0.270 e. The molecule has 1 amide bonds. The van der Waals surface area contributed by atoms with Gasteiger partial charge in [-0.25, -0.2) is 4.99 Å². The van der Waals surface area contributed by atoms with E-state index in [0.29, 0.717) is 12.3 Å². The molecule has 0 saturated carbocycles. The van der Waals surface area contributed by atoms with Gasteiger partial charge in [-0.1, -0.05) is 11.6 Å². The lowest BCUT2D eigenvalue weighted by Gasteiger charge is -2.37. The number of benzene rings is 1. The molecule has 1 N–H and O–H groups in total. The molecular weight excluding hydrogens is 390 g/mol. The highest BCUT2D eigenvalue weighted by molar-refractivity contribution is 6.30. The molecule has 2 aliphatic heterocycles. The predicted molar refractivity (Wildman–Crippen MR) is 115 cm³/mol. The number of amides is 1. The number of aliphatic hydroxyl groups excluding tert-OH is 1. The van der Waals surface area contributed by atoms with Crippen LogP contribution >= 0.6 is 11.6 Å². The van der Waals surface area contributed by atoms with Crippen LogP contribution in [0, 0.1) is 0 Å². The van der Waals surface area contributed by atoms with E-state index in [1.54, 1.807) is 12.2 Å². The summed E-state index contributed by atoms with van der Waals surface area (Å²) in [5.74, 6) is -0.243. The van der Waals surface area contributed by atoms with Crippen LogP contribution in [-0.2, 0) is 9.53 Å². The number of aliphatic imine (C=N–C) groups is 1. The molecule has 152 valence electrons. The van der Waals surface area contributed by atoms with Gasteiger partial charge in [0.2, 0.25) is 0 Å². The third kappa shape index (κ3) is 5.22. The molecule has 0 aromatic heterocycles. The Morgan fingerprint density at radius 1 is 1.14 bits per heavy atom. The molecule has 0 bridgehead atoms. The molecule has 1 unspecified atom stereocenters. The monoisotopic (exact) mass is 413 g/mol. The van der Waals surface area contributed by atoms with Crippen molar-refractivity contribution in [3.05, 3.63) is 65.2 Å². The molecule has 6 nitrogen and oxygen atoms in total. The fourth-order valence-corrected chi connectivity index (χ4v) is 3.80. The smallest absolute Gasteiger partial charge is 0.270 e. The second-order valence-corrected chi connectivity index (χ2v) is 7.80. The number of piperazine rings is 1. The average Bonchev–Trinajstić information content (AvgIpc) is 2.73. The number of ether oxygens (including phenoxy) is 1. The molecular formula is C22H24ClN3O3. The fourth-order valence-electron chi connectivity index (χ4n) is 3.68. The number of carbonyl (C=O) groups excluding carboxylic acids is 1. The first kappa shape index (κ1) is 20.0. The molecule has 7 heteroatoms. The molecule has 2 atom stereocenters. The minimum Gasteiger partial charge on any atom is -0.389 e. The Bertz CT molecular complexity index is 868. The van der Waals surface area contributed by atoms with Crippen LogP contribution < -0.4 is 4.90 Å². The molecule has 3 aliphatic rings. The molecule has 0 spiro atoms. The first-order valence-electron chi connectivity index (χ1n) is 9.80. The van der Waals surface area contributed by atoms with Gasteiger partial charge < -0.3 is 14.7 Å². The molecule has 1 saturated heterocycles. The van der Waals surface area contributed by atoms with E-state index >= 15 is 0 Å². The Kier molecular flexibility index (Phi) is 6.25. The quantitative estimate of drug-likeness (QED) is 0.774. The number of β-amino-alcohol motifs (C(OH)–C–C–N with tert-alkyl or cyclic N) is 1. The lowest BCUT2D eigenvalue weighted by atomic mass is 9.99. The van der Waals surface area contributed by atoms with Gasteiger partial charge in [0.1, 0.15) is 0 Å². The highest BCUT2D eigenvalue weighted by Gasteiger charge is 2.21. The number of hydrogen-bond donors (Lipinski definition) is 1. The Labute approximate surface area is 175 Å². The van der Waals surface area contributed by atoms with Crippen molar-refractivity contribution in [3.63, 3.8) is 0 Å². The number of fused-ring (bicyclic) bond motifs is 1. The zero-order chi connectivity index (χ0) is 20.2. The summed E-state index contributed by atoms with van der Waals surface area (Å²) in [6.45, 7) is 4.46. The number of aliphatic hydroxyl groups is 1. The van der Waals surface area contributed by atoms with Gasteiger partial charge >= 0.3 is 0 Å². The standard InChI is InChI=1S/C22H24ClN3O3/c23-17-2-4-18(5-3-17)26-11-9-25(10-12-26)14-19(27)15-29-20-6-7-21-16(13-20)1-8-22(28)24-21/h1-8,13,19-20,27H,9-12,14-15H2/t19-,20?/m0/s1. The van der Waals surface area contributed by atoms with Gasteiger partial charge in [0, 0.05) is 49.5 Å². The number of carbonyl (C=O) groups is 1. The van der Waals surface area contributed by atoms with Crippen molar-refractivity contribution in [1.82, 2.24) is 4.90 Å². The SMILES string of the molecule is O=C1C=CC2=CC(OC[C@@H](O)CN3CCN(c4ccc(Cl)cc4)CC3)C=CC2=N1. The first-order chi connectivity index (χ1) is 14.1. The van der Waals surface area contributed by atoms with Crippen LogP contribution in [0.1, 0.15) is 0 Å². The summed E-state index contributed by atoms with van der Waals surface area (Å²) in [4.78, 5) is 19.9. The van der Waals surface area contributed by atoms with Crippen molar-refractivity contribution < 1.29 is 14.6 Å². The average molecular weight is 414 g/mol. The zero-order valence-electron chi connectivity index (χ0n) is 16.1. The highest BCUT2D eigenvalue weighted by atomic mass is 35.5. The van der Waals surface area contributed by atoms with E-state index in [1.165, 1.54) is 11.8 Å². The summed E-state index contributed by atoms with van der Waals surface area (Å²) in [5, 5.41) is 11.1. The molecule has 1 aromatic carbocycles. The van der Waals surface area contributed by atoms with Crippen molar-refractivity contribution >= 4 is 28.9 Å². The van der Waals surface area contributed by atoms with Gasteiger partial charge in [-0.05, 0) is 54.1 Å². The second kappa shape index (κ2) is 9.05. The molecule has 1 aromatic rings. The molecule has 29 heavy (non-hydrogen) atoms. The molecule has 1 aliphatic carbocycles. The summed E-state index contributed by atoms with van der Waals surface area (Å²) in [6, 6.07) is 7.91. The van der Waals surface area contributed by atoms with Crippen LogP contribution in [0.4, 0.5) is 5.69 Å². The number of dihydropyridines is 1. The van der Waals surface area contributed by atoms with Gasteiger partial charge in [-0.2, -0.15) is 0 Å². The number of anilines is 1. The van der Waals surface area contributed by atoms with Crippen LogP contribution in [0.25, 0.3) is 0 Å². The summed E-state index contributed by atoms with van der Waals surface area (Å²) in [6.07, 6.45) is 7.99. The summed E-state index contributed by atoms with van der Waals surface area (Å²) >= 11 is 5.96. The van der Waals surface area contributed by atoms with Gasteiger partial charge in [-0.15, -0.1) is 0 Å². The summed E-state index contributed by atoms with van der Waals surface area (Å²) < 4.78 is 5.83. The first-order valence-corrected chi connectivity index (χ1v) is 10.2. The normalized spacial score (nSPS) is 22.9. The highest BCUT2D eigenvalue weighted by Crippen LogP contribution is 2.20. The van der Waals surface area contributed by atoms with E-state index in [0.717, 1.165) is 36.8 Å². The van der Waals surface area contributed by atoms with Crippen molar-refractivity contribution in [2.45, 2.75) is 12.2 Å². The topological polar surface area (TPSA) is 65.4 Å². The van der Waals surface area contributed by atoms with Crippen molar-refractivity contribution in [1.29, 1.82) is 0 Å². The third-order valence-corrected chi connectivity index (χ3v) is 5.49. The Morgan fingerprint density at radius 2 is 1.90 bits per heavy atom. The maximum atomic E-state index is 11.3. The molecule has 1 fully saturated rings. The lowest BCUT2D eigenvalue weighted by molar-refractivity contribution is -0.113. The second-order valence-electron chi connectivity index (χ2n) is 7.37. The molecule has 2 heterocycles. The summed E-state index contributed by atoms with van der Waals surface area (Å²) in [5.41, 5.74) is 2.72. The Hall–Kier alpha value is -2.25. The van der Waals surface area contributed by atoms with E-state index in [9.17, 15) is 9.90 Å². The van der Waals surface area contributed by atoms with Gasteiger partial charge in [0.05, 0.1) is 24.5 Å². The maximum absolute atomic E-state index is 11.3. The third-order valence-electron chi connectivity index (χ3n) is 5.23. The predicted octanol–water partition coefficient (Wildman–Crippen LogP) is 2.24. The number of rotatable bonds is 6. The number of nitrogens with zero attached hydrogens (tertiary/aromatic N) is 3. The van der Waals surface area contributed by atoms with Crippen LogP contribution in [0.3, 0.4) is 0 Å². The van der Waals surface area contributed by atoms with Crippen molar-refractivity contribution in [2.75, 3.05) is 44.2 Å². The lowest BCUT2D eigenvalue weighted by Crippen LogP contribution is -2.49. The van der Waals surface area contributed by atoms with E-state index in [4.69, 9.17) is 16.3 Å². The van der Waals surface area contributed by atoms with Crippen LogP contribution in [0.5, 0.6) is 0 Å². The minimum atomic E-state index is -0.553. The Balaban J connectivity index is 1.20. The van der Waals surface area contributed by atoms with E-state index in [-0.39, 0.29) is 18.6 Å². The van der Waals surface area contributed by atoms with Gasteiger partial charge in [0.25, 0.3) is 5.91 Å². The van der Waals surface area contributed by atoms with E-state index in [2.05, 4.69) is 14.8 Å². The Morgan fingerprint density at radius 3 is 2.66 bits per heavy atom. The van der Waals surface area contributed by atoms with Gasteiger partial charge in [0.15, 0.2) is 0 Å². The molecule has 4 rings (SSSR count). The largest absolute Gasteiger partial charge is 0.389 e. The minimum absolute atomic E-state index is 0.224. The van der Waals surface area contributed by atoms with E-state index in [1.807, 2.05) is 36.4 Å². The summed E-state index contributed by atoms with van der Waals surface area (Å²) in [7, 11) is 0. The van der Waals surface area contributed by atoms with Crippen LogP contribution in [-0.4, -0.2) is 73.2 Å². The van der Waals surface area contributed by atoms with Crippen LogP contribution in [0.2, 0.25) is 5.02 Å². The van der Waals surface area contributed by atoms with Crippen molar-refractivity contribution in [2.24, 2.45) is 4.99 Å². The van der Waals surface area contributed by atoms with Crippen molar-refractivity contribution in [3.8, 4) is 0 Å². The van der Waals surface area contributed by atoms with Gasteiger partial charge in [-0.3, -0.25) is 9.69 Å². The van der Waals surface area contributed by atoms with E-state index < -0.39 is 6.10 Å². The molecule has 0 radical (unpaired) electrons. The fraction of sp³-hybridized carbons (Fsp3) is 0.364. The number of allylic oxidation sites excluding steroid dienone is 3. The number of hydrogen-bond acceptors (Lipinski definition) is 5. The zero-order valence-corrected chi connectivity index (χ0v) is 16.8. The van der Waals surface area contributed by atoms with Crippen LogP contribution in [0.15, 0.2) is 65.2 Å². The number of halogens is 1.